The minimum atomic E-state index is 0.167. The number of carbonyl (C=O) groups is 1. The summed E-state index contributed by atoms with van der Waals surface area (Å²) in [5.41, 5.74) is 2.23. The lowest BCUT2D eigenvalue weighted by atomic mass is 9.95. The lowest BCUT2D eigenvalue weighted by Gasteiger charge is -2.31. The van der Waals surface area contributed by atoms with Crippen LogP contribution in [0.5, 0.6) is 0 Å². The van der Waals surface area contributed by atoms with E-state index in [1.54, 1.807) is 18.4 Å². The maximum absolute atomic E-state index is 12.6. The molecule has 0 aliphatic carbocycles. The van der Waals surface area contributed by atoms with E-state index in [0.29, 0.717) is 26.1 Å². The Morgan fingerprint density at radius 3 is 3.09 bits per heavy atom. The number of nitrogens with zero attached hydrogens (tertiary/aromatic N) is 3. The van der Waals surface area contributed by atoms with E-state index in [1.165, 1.54) is 5.56 Å². The number of hydrogen-bond acceptors (Lipinski definition) is 4. The van der Waals surface area contributed by atoms with Gasteiger partial charge in [0.2, 0.25) is 5.91 Å². The Labute approximate surface area is 134 Å². The molecule has 0 aromatic carbocycles. The number of aryl methyl sites for hydroxylation is 1. The molecule has 3 heterocycles. The fourth-order valence-corrected chi connectivity index (χ4v) is 3.62. The number of rotatable bonds is 5. The summed E-state index contributed by atoms with van der Waals surface area (Å²) in [6.45, 7) is 4.84. The number of hydrogen-bond donors (Lipinski definition) is 0. The molecule has 2 aromatic heterocycles. The van der Waals surface area contributed by atoms with Gasteiger partial charge in [0.15, 0.2) is 0 Å². The van der Waals surface area contributed by atoms with E-state index in [2.05, 4.69) is 18.2 Å². The predicted octanol–water partition coefficient (Wildman–Crippen LogP) is 2.28. The normalized spacial score (nSPS) is 17.5. The van der Waals surface area contributed by atoms with Crippen molar-refractivity contribution in [1.82, 2.24) is 14.7 Å². The van der Waals surface area contributed by atoms with Crippen LogP contribution in [0.25, 0.3) is 0 Å². The van der Waals surface area contributed by atoms with E-state index < -0.39 is 0 Å². The fourth-order valence-electron chi connectivity index (χ4n) is 2.92. The lowest BCUT2D eigenvalue weighted by Crippen LogP contribution is -2.40. The zero-order valence-electron chi connectivity index (χ0n) is 13.0. The maximum Gasteiger partial charge on any atom is 0.228 e. The van der Waals surface area contributed by atoms with Gasteiger partial charge in [-0.25, -0.2) is 0 Å². The summed E-state index contributed by atoms with van der Waals surface area (Å²) in [4.78, 5) is 15.6. The third-order valence-electron chi connectivity index (χ3n) is 4.04. The molecule has 0 bridgehead atoms. The molecule has 1 atom stereocenters. The molecule has 0 radical (unpaired) electrons. The van der Waals surface area contributed by atoms with Gasteiger partial charge in [-0.15, -0.1) is 11.3 Å². The second-order valence-corrected chi connectivity index (χ2v) is 6.60. The molecular weight excluding hydrogens is 298 g/mol. The Morgan fingerprint density at radius 2 is 2.41 bits per heavy atom. The van der Waals surface area contributed by atoms with Gasteiger partial charge in [0.1, 0.15) is 0 Å². The highest BCUT2D eigenvalue weighted by Gasteiger charge is 2.30. The van der Waals surface area contributed by atoms with Crippen molar-refractivity contribution in [2.24, 2.45) is 0 Å². The van der Waals surface area contributed by atoms with Gasteiger partial charge in [0.05, 0.1) is 25.3 Å². The quantitative estimate of drug-likeness (QED) is 0.849. The molecule has 0 N–H and O–H groups in total. The van der Waals surface area contributed by atoms with Crippen molar-refractivity contribution >= 4 is 17.2 Å². The van der Waals surface area contributed by atoms with Crippen LogP contribution in [0.2, 0.25) is 0 Å². The van der Waals surface area contributed by atoms with Crippen molar-refractivity contribution in [1.29, 1.82) is 0 Å². The van der Waals surface area contributed by atoms with Crippen LogP contribution in [0.3, 0.4) is 0 Å². The Hall–Kier alpha value is -1.66. The summed E-state index contributed by atoms with van der Waals surface area (Å²) < 4.78 is 7.29. The maximum atomic E-state index is 12.6. The van der Waals surface area contributed by atoms with Crippen molar-refractivity contribution in [2.45, 2.75) is 32.4 Å². The number of fused-ring (bicyclic) bond motifs is 1. The van der Waals surface area contributed by atoms with Crippen molar-refractivity contribution < 1.29 is 9.53 Å². The first-order chi connectivity index (χ1) is 10.7. The second kappa shape index (κ2) is 6.62. The molecule has 5 nitrogen and oxygen atoms in total. The molecule has 1 amide bonds. The SMILES string of the molecule is CCn1cc2c(n1)CN(C(=O)Cc1cccs1)C[C@H]2COC. The minimum Gasteiger partial charge on any atom is -0.384 e. The summed E-state index contributed by atoms with van der Waals surface area (Å²) in [5, 5.41) is 6.61. The van der Waals surface area contributed by atoms with Crippen molar-refractivity contribution in [3.05, 3.63) is 39.8 Å². The zero-order chi connectivity index (χ0) is 15.5. The Kier molecular flexibility index (Phi) is 4.59. The molecule has 3 rings (SSSR count). The number of thiophene rings is 1. The average molecular weight is 319 g/mol. The molecule has 1 aliphatic rings. The minimum absolute atomic E-state index is 0.167. The number of ether oxygens (including phenoxy) is 1. The van der Waals surface area contributed by atoms with E-state index in [-0.39, 0.29) is 11.8 Å². The Morgan fingerprint density at radius 1 is 1.55 bits per heavy atom. The summed E-state index contributed by atoms with van der Waals surface area (Å²) in [6, 6.07) is 3.99. The van der Waals surface area contributed by atoms with Gasteiger partial charge >= 0.3 is 0 Å². The van der Waals surface area contributed by atoms with Crippen LogP contribution < -0.4 is 0 Å². The Balaban J connectivity index is 1.78. The molecule has 118 valence electrons. The van der Waals surface area contributed by atoms with Crippen LogP contribution in [0, 0.1) is 0 Å². The van der Waals surface area contributed by atoms with E-state index >= 15 is 0 Å². The zero-order valence-corrected chi connectivity index (χ0v) is 13.8. The second-order valence-electron chi connectivity index (χ2n) is 5.57. The van der Waals surface area contributed by atoms with Crippen molar-refractivity contribution in [2.75, 3.05) is 20.3 Å². The first-order valence-corrected chi connectivity index (χ1v) is 8.44. The van der Waals surface area contributed by atoms with Gasteiger partial charge < -0.3 is 9.64 Å². The van der Waals surface area contributed by atoms with E-state index in [0.717, 1.165) is 17.1 Å². The van der Waals surface area contributed by atoms with Crippen LogP contribution in [-0.2, 0) is 29.0 Å². The average Bonchev–Trinajstić information content (AvgIpc) is 3.16. The van der Waals surface area contributed by atoms with Crippen molar-refractivity contribution in [3.8, 4) is 0 Å². The first kappa shape index (κ1) is 15.2. The highest BCUT2D eigenvalue weighted by Crippen LogP contribution is 2.28. The monoisotopic (exact) mass is 319 g/mol. The summed E-state index contributed by atoms with van der Waals surface area (Å²) in [7, 11) is 1.70. The Bertz CT molecular complexity index is 636. The molecule has 0 fully saturated rings. The third kappa shape index (κ3) is 3.08. The van der Waals surface area contributed by atoms with Gasteiger partial charge in [-0.3, -0.25) is 9.48 Å². The number of aromatic nitrogens is 2. The van der Waals surface area contributed by atoms with Gasteiger partial charge in [0, 0.05) is 42.8 Å². The molecule has 0 unspecified atom stereocenters. The highest BCUT2D eigenvalue weighted by molar-refractivity contribution is 7.10. The molecule has 0 spiro atoms. The molecule has 0 saturated heterocycles. The van der Waals surface area contributed by atoms with Crippen LogP contribution >= 0.6 is 11.3 Å². The van der Waals surface area contributed by atoms with Crippen LogP contribution in [0.4, 0.5) is 0 Å². The van der Waals surface area contributed by atoms with Crippen LogP contribution in [0.15, 0.2) is 23.7 Å². The molecule has 22 heavy (non-hydrogen) atoms. The smallest absolute Gasteiger partial charge is 0.228 e. The molecular formula is C16H21N3O2S. The lowest BCUT2D eigenvalue weighted by molar-refractivity contribution is -0.132. The van der Waals surface area contributed by atoms with Gasteiger partial charge in [0.25, 0.3) is 0 Å². The largest absolute Gasteiger partial charge is 0.384 e. The van der Waals surface area contributed by atoms with Gasteiger partial charge in [-0.1, -0.05) is 6.07 Å². The van der Waals surface area contributed by atoms with Crippen LogP contribution in [0.1, 0.15) is 29.0 Å². The molecule has 2 aromatic rings. The third-order valence-corrected chi connectivity index (χ3v) is 4.92. The van der Waals surface area contributed by atoms with E-state index in [4.69, 9.17) is 4.74 Å². The molecule has 0 saturated carbocycles. The topological polar surface area (TPSA) is 47.4 Å². The first-order valence-electron chi connectivity index (χ1n) is 7.56. The summed E-state index contributed by atoms with van der Waals surface area (Å²) >= 11 is 1.63. The number of carbonyl (C=O) groups excluding carboxylic acids is 1. The number of amides is 1. The molecule has 6 heteroatoms. The summed E-state index contributed by atoms with van der Waals surface area (Å²) in [5.74, 6) is 0.376. The van der Waals surface area contributed by atoms with Crippen molar-refractivity contribution in [3.63, 3.8) is 0 Å². The standard InChI is InChI=1S/C16H21N3O2S/c1-3-19-9-14-12(11-21-2)8-18(10-15(14)17-19)16(20)7-13-5-4-6-22-13/h4-6,9,12H,3,7-8,10-11H2,1-2H3/t12-/m0/s1. The highest BCUT2D eigenvalue weighted by atomic mass is 32.1. The van der Waals surface area contributed by atoms with Gasteiger partial charge in [-0.05, 0) is 18.4 Å². The number of methoxy groups -OCH3 is 1. The predicted molar refractivity (Wildman–Crippen MR) is 86.0 cm³/mol. The molecule has 1 aliphatic heterocycles. The summed E-state index contributed by atoms with van der Waals surface area (Å²) in [6.07, 6.45) is 2.57. The van der Waals surface area contributed by atoms with Crippen LogP contribution in [-0.4, -0.2) is 40.8 Å². The van der Waals surface area contributed by atoms with Gasteiger partial charge in [-0.2, -0.15) is 5.10 Å². The van der Waals surface area contributed by atoms with E-state index in [9.17, 15) is 4.79 Å². The fraction of sp³-hybridized carbons (Fsp3) is 0.500. The van der Waals surface area contributed by atoms with E-state index in [1.807, 2.05) is 27.1 Å².